The van der Waals surface area contributed by atoms with E-state index in [0.29, 0.717) is 11.4 Å². The van der Waals surface area contributed by atoms with Crippen molar-refractivity contribution in [3.8, 4) is 11.6 Å². The number of nitrogens with zero attached hydrogens (tertiary/aromatic N) is 1. The van der Waals surface area contributed by atoms with Crippen molar-refractivity contribution in [2.75, 3.05) is 6.61 Å². The van der Waals surface area contributed by atoms with E-state index >= 15 is 0 Å². The first kappa shape index (κ1) is 17.3. The van der Waals surface area contributed by atoms with Gasteiger partial charge in [0.2, 0.25) is 5.88 Å². The molecule has 0 saturated carbocycles. The lowest BCUT2D eigenvalue weighted by atomic mass is 10.2. The molecule has 8 heteroatoms. The summed E-state index contributed by atoms with van der Waals surface area (Å²) >= 11 is 1.05. The zero-order chi connectivity index (χ0) is 17.0. The smallest absolute Gasteiger partial charge is 0.419 e. The quantitative estimate of drug-likeness (QED) is 0.738. The van der Waals surface area contributed by atoms with E-state index in [1.165, 1.54) is 18.2 Å². The van der Waals surface area contributed by atoms with Crippen LogP contribution in [-0.2, 0) is 17.3 Å². The summed E-state index contributed by atoms with van der Waals surface area (Å²) < 4.78 is 49.2. The third kappa shape index (κ3) is 4.01. The molecule has 1 aromatic heterocycles. The van der Waals surface area contributed by atoms with Crippen molar-refractivity contribution < 1.29 is 27.4 Å². The van der Waals surface area contributed by atoms with Crippen LogP contribution in [-0.4, -0.2) is 17.6 Å². The van der Waals surface area contributed by atoms with E-state index in [-0.39, 0.29) is 17.4 Å². The predicted octanol–water partition coefficient (Wildman–Crippen LogP) is 4.69. The van der Waals surface area contributed by atoms with E-state index in [9.17, 15) is 18.0 Å². The zero-order valence-corrected chi connectivity index (χ0v) is 13.3. The first-order valence-electron chi connectivity index (χ1n) is 6.87. The van der Waals surface area contributed by atoms with Crippen molar-refractivity contribution in [2.45, 2.75) is 26.4 Å². The fourth-order valence-electron chi connectivity index (χ4n) is 1.79. The highest BCUT2D eigenvalue weighted by atomic mass is 32.1. The molecule has 124 valence electrons. The molecule has 0 N–H and O–H groups in total. The van der Waals surface area contributed by atoms with Crippen molar-refractivity contribution in [3.05, 3.63) is 39.7 Å². The number of hydrogen-bond acceptors (Lipinski definition) is 5. The minimum absolute atomic E-state index is 0.0562. The molecular formula is C15H14F3NO3S. The van der Waals surface area contributed by atoms with Crippen LogP contribution < -0.4 is 4.74 Å². The maximum atomic E-state index is 13.0. The van der Waals surface area contributed by atoms with Crippen LogP contribution in [0.2, 0.25) is 0 Å². The molecule has 0 amide bonds. The molecule has 0 aliphatic heterocycles. The summed E-state index contributed by atoms with van der Waals surface area (Å²) in [6.45, 7) is 3.61. The zero-order valence-electron chi connectivity index (χ0n) is 12.4. The summed E-state index contributed by atoms with van der Waals surface area (Å²) in [6.07, 6.45) is -4.04. The topological polar surface area (TPSA) is 48.4 Å². The van der Waals surface area contributed by atoms with Gasteiger partial charge in [-0.25, -0.2) is 9.78 Å². The first-order valence-corrected chi connectivity index (χ1v) is 7.69. The Morgan fingerprint density at radius 1 is 1.26 bits per heavy atom. The SMILES string of the molecule is CCOC(=O)c1sc(CC)nc1Oc1ccccc1C(F)(F)F. The Bertz CT molecular complexity index is 698. The van der Waals surface area contributed by atoms with Gasteiger partial charge >= 0.3 is 12.1 Å². The fourth-order valence-corrected chi connectivity index (χ4v) is 2.61. The number of para-hydroxylation sites is 1. The number of carbonyl (C=O) groups excluding carboxylic acids is 1. The molecule has 2 rings (SSSR count). The van der Waals surface area contributed by atoms with Crippen molar-refractivity contribution in [1.82, 2.24) is 4.98 Å². The summed E-state index contributed by atoms with van der Waals surface area (Å²) in [4.78, 5) is 16.0. The Morgan fingerprint density at radius 2 is 1.96 bits per heavy atom. The number of benzene rings is 1. The summed E-state index contributed by atoms with van der Waals surface area (Å²) in [5.41, 5.74) is -0.930. The second kappa shape index (κ2) is 6.99. The highest BCUT2D eigenvalue weighted by Crippen LogP contribution is 2.39. The highest BCUT2D eigenvalue weighted by Gasteiger charge is 2.35. The molecule has 0 atom stereocenters. The molecular weight excluding hydrogens is 331 g/mol. The summed E-state index contributed by atoms with van der Waals surface area (Å²) in [5.74, 6) is -1.23. The van der Waals surface area contributed by atoms with Gasteiger partial charge < -0.3 is 9.47 Å². The molecule has 0 radical (unpaired) electrons. The van der Waals surface area contributed by atoms with Crippen LogP contribution in [0.4, 0.5) is 13.2 Å². The van der Waals surface area contributed by atoms with Gasteiger partial charge in [-0.2, -0.15) is 13.2 Å². The second-order valence-corrected chi connectivity index (χ2v) is 5.50. The molecule has 0 bridgehead atoms. The Labute approximate surface area is 134 Å². The summed E-state index contributed by atoms with van der Waals surface area (Å²) in [5, 5.41) is 0.576. The Morgan fingerprint density at radius 3 is 2.57 bits per heavy atom. The van der Waals surface area contributed by atoms with Crippen LogP contribution in [0, 0.1) is 0 Å². The molecule has 1 aromatic carbocycles. The van der Waals surface area contributed by atoms with E-state index in [1.807, 2.05) is 6.92 Å². The Kier molecular flexibility index (Phi) is 5.25. The molecule has 0 aliphatic rings. The molecule has 0 fully saturated rings. The number of esters is 1. The molecule has 4 nitrogen and oxygen atoms in total. The predicted molar refractivity (Wildman–Crippen MR) is 79.0 cm³/mol. The summed E-state index contributed by atoms with van der Waals surface area (Å²) in [7, 11) is 0. The lowest BCUT2D eigenvalue weighted by molar-refractivity contribution is -0.138. The van der Waals surface area contributed by atoms with Crippen LogP contribution in [0.5, 0.6) is 11.6 Å². The van der Waals surface area contributed by atoms with Crippen molar-refractivity contribution in [3.63, 3.8) is 0 Å². The first-order chi connectivity index (χ1) is 10.9. The van der Waals surface area contributed by atoms with Gasteiger partial charge in [0.15, 0.2) is 4.88 Å². The number of carbonyl (C=O) groups is 1. The number of aromatic nitrogens is 1. The van der Waals surface area contributed by atoms with Crippen LogP contribution in [0.3, 0.4) is 0 Å². The van der Waals surface area contributed by atoms with Gasteiger partial charge in [0.05, 0.1) is 17.2 Å². The van der Waals surface area contributed by atoms with Gasteiger partial charge in [-0.1, -0.05) is 19.1 Å². The number of aryl methyl sites for hydroxylation is 1. The molecule has 0 aliphatic carbocycles. The highest BCUT2D eigenvalue weighted by molar-refractivity contribution is 7.13. The average Bonchev–Trinajstić information content (AvgIpc) is 2.90. The number of ether oxygens (including phenoxy) is 2. The van der Waals surface area contributed by atoms with Gasteiger partial charge in [0.1, 0.15) is 5.75 Å². The maximum absolute atomic E-state index is 13.0. The lowest BCUT2D eigenvalue weighted by Crippen LogP contribution is -2.08. The van der Waals surface area contributed by atoms with Gasteiger partial charge in [-0.15, -0.1) is 11.3 Å². The average molecular weight is 345 g/mol. The molecule has 0 spiro atoms. The monoisotopic (exact) mass is 345 g/mol. The second-order valence-electron chi connectivity index (χ2n) is 4.41. The van der Waals surface area contributed by atoms with Gasteiger partial charge in [0.25, 0.3) is 0 Å². The third-order valence-corrected chi connectivity index (χ3v) is 3.96. The van der Waals surface area contributed by atoms with Crippen LogP contribution in [0.25, 0.3) is 0 Å². The van der Waals surface area contributed by atoms with E-state index in [1.54, 1.807) is 6.92 Å². The molecule has 0 unspecified atom stereocenters. The molecule has 0 saturated heterocycles. The van der Waals surface area contributed by atoms with E-state index in [0.717, 1.165) is 17.4 Å². The number of hydrogen-bond donors (Lipinski definition) is 0. The lowest BCUT2D eigenvalue weighted by Gasteiger charge is -2.12. The normalized spacial score (nSPS) is 11.3. The van der Waals surface area contributed by atoms with Crippen LogP contribution in [0.1, 0.15) is 34.1 Å². The summed E-state index contributed by atoms with van der Waals surface area (Å²) in [6, 6.07) is 4.78. The number of alkyl halides is 3. The van der Waals surface area contributed by atoms with Crippen molar-refractivity contribution in [1.29, 1.82) is 0 Å². The van der Waals surface area contributed by atoms with Crippen molar-refractivity contribution in [2.24, 2.45) is 0 Å². The van der Waals surface area contributed by atoms with Crippen molar-refractivity contribution >= 4 is 17.3 Å². The standard InChI is InChI=1S/C15H14F3NO3S/c1-3-11-19-13(12(23-11)14(20)21-4-2)22-10-8-6-5-7-9(10)15(16,17)18/h5-8H,3-4H2,1-2H3. The minimum Gasteiger partial charge on any atom is -0.462 e. The third-order valence-electron chi connectivity index (χ3n) is 2.80. The number of rotatable bonds is 5. The number of halogens is 3. The van der Waals surface area contributed by atoms with Gasteiger partial charge in [-0.05, 0) is 25.5 Å². The Balaban J connectivity index is 2.41. The van der Waals surface area contributed by atoms with Crippen LogP contribution in [0.15, 0.2) is 24.3 Å². The number of thiazole rings is 1. The van der Waals surface area contributed by atoms with Gasteiger partial charge in [0, 0.05) is 0 Å². The molecule has 2 aromatic rings. The van der Waals surface area contributed by atoms with Gasteiger partial charge in [-0.3, -0.25) is 0 Å². The maximum Gasteiger partial charge on any atom is 0.419 e. The fraction of sp³-hybridized carbons (Fsp3) is 0.333. The van der Waals surface area contributed by atoms with E-state index < -0.39 is 23.5 Å². The van der Waals surface area contributed by atoms with E-state index in [2.05, 4.69) is 4.98 Å². The largest absolute Gasteiger partial charge is 0.462 e. The van der Waals surface area contributed by atoms with E-state index in [4.69, 9.17) is 9.47 Å². The minimum atomic E-state index is -4.57. The molecule has 23 heavy (non-hydrogen) atoms. The Hall–Kier alpha value is -2.09. The molecule has 1 heterocycles. The van der Waals surface area contributed by atoms with Crippen LogP contribution >= 0.6 is 11.3 Å².